The molecule has 0 heterocycles. The Bertz CT molecular complexity index is 777. The van der Waals surface area contributed by atoms with Crippen molar-refractivity contribution >= 4 is 0 Å². The van der Waals surface area contributed by atoms with Crippen molar-refractivity contribution in [3.63, 3.8) is 0 Å². The number of methoxy groups -OCH3 is 4. The van der Waals surface area contributed by atoms with Gasteiger partial charge in [-0.25, -0.2) is 0 Å². The fraction of sp³-hybridized carbons (Fsp3) is 0.364. The number of allylic oxidation sites excluding steroid dienone is 1. The average molecular weight is 388 g/mol. The Morgan fingerprint density at radius 2 is 1.50 bits per heavy atom. The van der Waals surface area contributed by atoms with Gasteiger partial charge in [0.15, 0.2) is 23.0 Å². The molecule has 28 heavy (non-hydrogen) atoms. The highest BCUT2D eigenvalue weighted by atomic mass is 16.5. The van der Waals surface area contributed by atoms with Crippen LogP contribution in [-0.4, -0.2) is 39.6 Å². The molecule has 0 unspecified atom stereocenters. The molecule has 2 rings (SSSR count). The molecule has 2 aromatic rings. The number of benzene rings is 2. The van der Waals surface area contributed by atoms with E-state index in [0.717, 1.165) is 12.0 Å². The SMILES string of the molecule is C=CCc1ccc(O[C@H](C)[C@H](O)c2cc(OC)c(OC)c(OC)c2)c(OC)c1. The van der Waals surface area contributed by atoms with Crippen LogP contribution in [0.5, 0.6) is 28.7 Å². The number of hydrogen-bond donors (Lipinski definition) is 1. The molecule has 1 N–H and O–H groups in total. The molecule has 0 bridgehead atoms. The van der Waals surface area contributed by atoms with Gasteiger partial charge in [0.1, 0.15) is 12.2 Å². The molecular formula is C22H28O6. The van der Waals surface area contributed by atoms with Crippen molar-refractivity contribution in [2.45, 2.75) is 25.6 Å². The minimum Gasteiger partial charge on any atom is -0.493 e. The highest BCUT2D eigenvalue weighted by Crippen LogP contribution is 2.40. The molecule has 2 atom stereocenters. The molecular weight excluding hydrogens is 360 g/mol. The van der Waals surface area contributed by atoms with Gasteiger partial charge in [0.2, 0.25) is 5.75 Å². The number of ether oxygens (including phenoxy) is 5. The molecule has 0 radical (unpaired) electrons. The van der Waals surface area contributed by atoms with E-state index in [1.165, 1.54) is 21.3 Å². The Labute approximate surface area is 166 Å². The smallest absolute Gasteiger partial charge is 0.203 e. The molecule has 0 aliphatic rings. The molecule has 0 amide bonds. The first-order valence-corrected chi connectivity index (χ1v) is 8.91. The zero-order valence-corrected chi connectivity index (χ0v) is 17.0. The molecule has 0 spiro atoms. The number of hydrogen-bond acceptors (Lipinski definition) is 6. The Morgan fingerprint density at radius 3 is 2.00 bits per heavy atom. The zero-order chi connectivity index (χ0) is 20.7. The van der Waals surface area contributed by atoms with E-state index < -0.39 is 12.2 Å². The predicted molar refractivity (Wildman–Crippen MR) is 108 cm³/mol. The molecule has 152 valence electrons. The van der Waals surface area contributed by atoms with Crippen LogP contribution in [0.15, 0.2) is 43.0 Å². The van der Waals surface area contributed by atoms with E-state index in [9.17, 15) is 5.11 Å². The third-order valence-electron chi connectivity index (χ3n) is 4.39. The third kappa shape index (κ3) is 4.70. The van der Waals surface area contributed by atoms with Crippen LogP contribution in [0.25, 0.3) is 0 Å². The first kappa shape index (κ1) is 21.4. The van der Waals surface area contributed by atoms with Crippen molar-refractivity contribution < 1.29 is 28.8 Å². The van der Waals surface area contributed by atoms with E-state index in [2.05, 4.69) is 6.58 Å². The molecule has 6 heteroatoms. The Kier molecular flexibility index (Phi) is 7.58. The van der Waals surface area contributed by atoms with Crippen molar-refractivity contribution in [3.8, 4) is 28.7 Å². The monoisotopic (exact) mass is 388 g/mol. The lowest BCUT2D eigenvalue weighted by Crippen LogP contribution is -2.22. The van der Waals surface area contributed by atoms with Gasteiger partial charge in [0.05, 0.1) is 28.4 Å². The van der Waals surface area contributed by atoms with Gasteiger partial charge in [-0.15, -0.1) is 6.58 Å². The Hall–Kier alpha value is -2.86. The van der Waals surface area contributed by atoms with Crippen LogP contribution in [-0.2, 0) is 6.42 Å². The average Bonchev–Trinajstić information content (AvgIpc) is 2.72. The molecule has 0 aromatic heterocycles. The van der Waals surface area contributed by atoms with Crippen LogP contribution < -0.4 is 23.7 Å². The van der Waals surface area contributed by atoms with E-state index in [1.807, 2.05) is 24.3 Å². The van der Waals surface area contributed by atoms with Crippen molar-refractivity contribution in [2.75, 3.05) is 28.4 Å². The molecule has 6 nitrogen and oxygen atoms in total. The summed E-state index contributed by atoms with van der Waals surface area (Å²) in [5.41, 5.74) is 1.65. The lowest BCUT2D eigenvalue weighted by Gasteiger charge is -2.23. The highest BCUT2D eigenvalue weighted by Gasteiger charge is 2.23. The van der Waals surface area contributed by atoms with Crippen LogP contribution in [0, 0.1) is 0 Å². The molecule has 0 aliphatic heterocycles. The van der Waals surface area contributed by atoms with Crippen LogP contribution >= 0.6 is 0 Å². The fourth-order valence-corrected chi connectivity index (χ4v) is 2.91. The van der Waals surface area contributed by atoms with Crippen molar-refractivity contribution in [1.29, 1.82) is 0 Å². The van der Waals surface area contributed by atoms with E-state index >= 15 is 0 Å². The summed E-state index contributed by atoms with van der Waals surface area (Å²) in [6, 6.07) is 9.08. The highest BCUT2D eigenvalue weighted by molar-refractivity contribution is 5.54. The van der Waals surface area contributed by atoms with E-state index in [4.69, 9.17) is 23.7 Å². The van der Waals surface area contributed by atoms with Gasteiger partial charge in [0.25, 0.3) is 0 Å². The predicted octanol–water partition coefficient (Wildman–Crippen LogP) is 3.95. The molecule has 2 aromatic carbocycles. The van der Waals surface area contributed by atoms with Crippen molar-refractivity contribution in [3.05, 3.63) is 54.1 Å². The summed E-state index contributed by atoms with van der Waals surface area (Å²) in [5.74, 6) is 2.55. The first-order valence-electron chi connectivity index (χ1n) is 8.91. The van der Waals surface area contributed by atoms with Crippen LogP contribution in [0.1, 0.15) is 24.2 Å². The summed E-state index contributed by atoms with van der Waals surface area (Å²) in [6.45, 7) is 5.53. The summed E-state index contributed by atoms with van der Waals surface area (Å²) >= 11 is 0. The van der Waals surface area contributed by atoms with Crippen molar-refractivity contribution in [1.82, 2.24) is 0 Å². The maximum atomic E-state index is 10.8. The van der Waals surface area contributed by atoms with Gasteiger partial charge in [0, 0.05) is 0 Å². The second-order valence-electron chi connectivity index (χ2n) is 6.20. The second-order valence-corrected chi connectivity index (χ2v) is 6.20. The number of aliphatic hydroxyl groups is 1. The zero-order valence-electron chi connectivity index (χ0n) is 17.0. The van der Waals surface area contributed by atoms with Gasteiger partial charge in [-0.1, -0.05) is 12.1 Å². The first-order chi connectivity index (χ1) is 13.5. The Morgan fingerprint density at radius 1 is 0.893 bits per heavy atom. The van der Waals surface area contributed by atoms with Gasteiger partial charge >= 0.3 is 0 Å². The largest absolute Gasteiger partial charge is 0.493 e. The molecule has 0 fully saturated rings. The summed E-state index contributed by atoms with van der Waals surface area (Å²) in [4.78, 5) is 0. The fourth-order valence-electron chi connectivity index (χ4n) is 2.91. The van der Waals surface area contributed by atoms with E-state index in [1.54, 1.807) is 26.2 Å². The summed E-state index contributed by atoms with van der Waals surface area (Å²) in [6.07, 6.45) is 1.08. The molecule has 0 aliphatic carbocycles. The number of aliphatic hydroxyl groups excluding tert-OH is 1. The summed E-state index contributed by atoms with van der Waals surface area (Å²) in [7, 11) is 6.18. The maximum absolute atomic E-state index is 10.8. The minimum absolute atomic E-state index is 0.467. The standard InChI is InChI=1S/C22H28O6/c1-7-8-15-9-10-17(18(11-15)24-3)28-14(2)21(23)16-12-19(25-4)22(27-6)20(13-16)26-5/h7,9-14,21,23H,1,8H2,2-6H3/t14-,21+/m1/s1. The van der Waals surface area contributed by atoms with Gasteiger partial charge in [-0.2, -0.15) is 0 Å². The van der Waals surface area contributed by atoms with Gasteiger partial charge in [-0.3, -0.25) is 0 Å². The lowest BCUT2D eigenvalue weighted by molar-refractivity contribution is 0.0448. The van der Waals surface area contributed by atoms with E-state index in [-0.39, 0.29) is 0 Å². The van der Waals surface area contributed by atoms with Gasteiger partial charge < -0.3 is 28.8 Å². The van der Waals surface area contributed by atoms with Crippen LogP contribution in [0.3, 0.4) is 0 Å². The van der Waals surface area contributed by atoms with Crippen LogP contribution in [0.2, 0.25) is 0 Å². The normalized spacial score (nSPS) is 12.6. The third-order valence-corrected chi connectivity index (χ3v) is 4.39. The summed E-state index contributed by atoms with van der Waals surface area (Å²) in [5, 5.41) is 10.8. The topological polar surface area (TPSA) is 66.4 Å². The van der Waals surface area contributed by atoms with Crippen LogP contribution in [0.4, 0.5) is 0 Å². The Balaban J connectivity index is 2.27. The van der Waals surface area contributed by atoms with Gasteiger partial charge in [-0.05, 0) is 48.7 Å². The molecule has 0 saturated heterocycles. The van der Waals surface area contributed by atoms with Crippen molar-refractivity contribution in [2.24, 2.45) is 0 Å². The number of rotatable bonds is 10. The quantitative estimate of drug-likeness (QED) is 0.622. The second kappa shape index (κ2) is 9.90. The maximum Gasteiger partial charge on any atom is 0.203 e. The summed E-state index contributed by atoms with van der Waals surface area (Å²) < 4.78 is 27.4. The lowest BCUT2D eigenvalue weighted by atomic mass is 10.0. The van der Waals surface area contributed by atoms with E-state index in [0.29, 0.717) is 34.3 Å². The molecule has 0 saturated carbocycles. The minimum atomic E-state index is -0.925.